The van der Waals surface area contributed by atoms with Gasteiger partial charge >= 0.3 is 5.97 Å². The Bertz CT molecular complexity index is 414. The number of aromatic nitrogens is 1. The second-order valence-electron chi connectivity index (χ2n) is 3.91. The Hall–Kier alpha value is -1.91. The van der Waals surface area contributed by atoms with Crippen molar-refractivity contribution in [2.24, 2.45) is 0 Å². The number of nitrogens with zero attached hydrogens (tertiary/aromatic N) is 2. The van der Waals surface area contributed by atoms with Crippen LogP contribution in [0.3, 0.4) is 0 Å². The van der Waals surface area contributed by atoms with Crippen LogP contribution in [0.1, 0.15) is 41.1 Å². The van der Waals surface area contributed by atoms with Crippen molar-refractivity contribution in [2.75, 3.05) is 7.05 Å². The highest BCUT2D eigenvalue weighted by Gasteiger charge is 2.17. The summed E-state index contributed by atoms with van der Waals surface area (Å²) in [6.45, 7) is 3.94. The van der Waals surface area contributed by atoms with Gasteiger partial charge in [-0.25, -0.2) is 4.79 Å². The molecule has 0 aromatic carbocycles. The molecule has 92 valence electrons. The third-order valence-corrected chi connectivity index (χ3v) is 2.80. The van der Waals surface area contributed by atoms with Crippen molar-refractivity contribution in [2.45, 2.75) is 26.3 Å². The number of carboxylic acids is 1. The number of hydrogen-bond donors (Lipinski definition) is 1. The number of amides is 1. The molecule has 0 saturated heterocycles. The summed E-state index contributed by atoms with van der Waals surface area (Å²) in [5.41, 5.74) is 0.338. The van der Waals surface area contributed by atoms with Gasteiger partial charge in [0, 0.05) is 19.3 Å². The topological polar surface area (TPSA) is 70.5 Å². The Kier molecular flexibility index (Phi) is 4.20. The summed E-state index contributed by atoms with van der Waals surface area (Å²) in [7, 11) is 1.71. The van der Waals surface area contributed by atoms with E-state index in [1.54, 1.807) is 11.9 Å². The van der Waals surface area contributed by atoms with E-state index in [2.05, 4.69) is 4.98 Å². The van der Waals surface area contributed by atoms with Crippen molar-refractivity contribution in [3.05, 3.63) is 29.6 Å². The quantitative estimate of drug-likeness (QED) is 0.862. The second-order valence-corrected chi connectivity index (χ2v) is 3.91. The first-order valence-electron chi connectivity index (χ1n) is 5.43. The Morgan fingerprint density at radius 1 is 1.47 bits per heavy atom. The van der Waals surface area contributed by atoms with Crippen LogP contribution < -0.4 is 0 Å². The Morgan fingerprint density at radius 2 is 2.12 bits per heavy atom. The summed E-state index contributed by atoms with van der Waals surface area (Å²) >= 11 is 0. The van der Waals surface area contributed by atoms with E-state index in [1.807, 2.05) is 13.8 Å². The first-order valence-corrected chi connectivity index (χ1v) is 5.43. The Balaban J connectivity index is 2.86. The molecular weight excluding hydrogens is 220 g/mol. The molecule has 0 spiro atoms. The minimum atomic E-state index is -1.05. The monoisotopic (exact) mass is 236 g/mol. The molecule has 0 radical (unpaired) electrons. The summed E-state index contributed by atoms with van der Waals surface area (Å²) < 4.78 is 0. The van der Waals surface area contributed by atoms with Crippen molar-refractivity contribution in [1.82, 2.24) is 9.88 Å². The zero-order valence-electron chi connectivity index (χ0n) is 10.2. The van der Waals surface area contributed by atoms with Crippen molar-refractivity contribution in [3.63, 3.8) is 0 Å². The smallest absolute Gasteiger partial charge is 0.337 e. The number of aromatic carboxylic acids is 1. The van der Waals surface area contributed by atoms with Gasteiger partial charge in [-0.2, -0.15) is 0 Å². The third kappa shape index (κ3) is 3.03. The van der Waals surface area contributed by atoms with E-state index in [1.165, 1.54) is 18.3 Å². The molecule has 1 unspecified atom stereocenters. The lowest BCUT2D eigenvalue weighted by molar-refractivity contribution is 0.0691. The minimum absolute atomic E-state index is 0.0766. The molecule has 5 heteroatoms. The molecule has 1 amide bonds. The van der Waals surface area contributed by atoms with E-state index in [-0.39, 0.29) is 23.2 Å². The Morgan fingerprint density at radius 3 is 2.53 bits per heavy atom. The number of carbonyl (C=O) groups is 2. The average Bonchev–Trinajstić information content (AvgIpc) is 2.36. The number of rotatable bonds is 4. The lowest BCUT2D eigenvalue weighted by atomic mass is 10.2. The van der Waals surface area contributed by atoms with Crippen LogP contribution >= 0.6 is 0 Å². The first kappa shape index (κ1) is 13.2. The molecule has 0 fully saturated rings. The summed E-state index contributed by atoms with van der Waals surface area (Å²) in [6.07, 6.45) is 2.05. The van der Waals surface area contributed by atoms with E-state index < -0.39 is 5.97 Å². The normalized spacial score (nSPS) is 11.9. The molecule has 0 aliphatic heterocycles. The highest BCUT2D eigenvalue weighted by Crippen LogP contribution is 2.07. The average molecular weight is 236 g/mol. The van der Waals surface area contributed by atoms with Gasteiger partial charge in [0.2, 0.25) is 0 Å². The lowest BCUT2D eigenvalue weighted by Gasteiger charge is -2.23. The standard InChI is InChI=1S/C12H16N2O3/c1-4-8(2)14(3)11(15)10-6-5-9(7-13-10)12(16)17/h5-8H,4H2,1-3H3,(H,16,17). The summed E-state index contributed by atoms with van der Waals surface area (Å²) in [5, 5.41) is 8.71. The summed E-state index contributed by atoms with van der Waals surface area (Å²) in [4.78, 5) is 28.0. The van der Waals surface area contributed by atoms with Crippen LogP contribution in [0, 0.1) is 0 Å². The number of pyridine rings is 1. The highest BCUT2D eigenvalue weighted by molar-refractivity contribution is 5.93. The van der Waals surface area contributed by atoms with Gasteiger partial charge in [-0.1, -0.05) is 6.92 Å². The molecule has 1 heterocycles. The molecule has 0 saturated carbocycles. The van der Waals surface area contributed by atoms with Gasteiger partial charge in [0.15, 0.2) is 0 Å². The molecule has 5 nitrogen and oxygen atoms in total. The van der Waals surface area contributed by atoms with E-state index in [0.717, 1.165) is 6.42 Å². The van der Waals surface area contributed by atoms with E-state index in [9.17, 15) is 9.59 Å². The predicted octanol–water partition coefficient (Wildman–Crippen LogP) is 1.65. The molecule has 1 aromatic rings. The molecule has 1 N–H and O–H groups in total. The van der Waals surface area contributed by atoms with Crippen LogP contribution in [0.5, 0.6) is 0 Å². The van der Waals surface area contributed by atoms with Gasteiger partial charge in [-0.15, -0.1) is 0 Å². The second kappa shape index (κ2) is 5.43. The fourth-order valence-corrected chi connectivity index (χ4v) is 1.30. The first-order chi connectivity index (χ1) is 7.97. The maximum atomic E-state index is 11.9. The van der Waals surface area contributed by atoms with Crippen LogP contribution in [0.2, 0.25) is 0 Å². The molecule has 1 atom stereocenters. The molecule has 1 rings (SSSR count). The van der Waals surface area contributed by atoms with Gasteiger partial charge in [-0.05, 0) is 25.5 Å². The summed E-state index contributed by atoms with van der Waals surface area (Å²) in [6, 6.07) is 2.95. The maximum absolute atomic E-state index is 11.9. The van der Waals surface area contributed by atoms with E-state index >= 15 is 0 Å². The molecule has 0 aliphatic carbocycles. The molecule has 17 heavy (non-hydrogen) atoms. The van der Waals surface area contributed by atoms with Crippen LogP contribution in [0.25, 0.3) is 0 Å². The van der Waals surface area contributed by atoms with Crippen LogP contribution in [-0.4, -0.2) is 40.0 Å². The van der Waals surface area contributed by atoms with Crippen molar-refractivity contribution >= 4 is 11.9 Å². The number of hydrogen-bond acceptors (Lipinski definition) is 3. The van der Waals surface area contributed by atoms with Gasteiger partial charge in [0.25, 0.3) is 5.91 Å². The molecule has 1 aromatic heterocycles. The predicted molar refractivity (Wildman–Crippen MR) is 63.0 cm³/mol. The number of carboxylic acid groups (broad SMARTS) is 1. The minimum Gasteiger partial charge on any atom is -0.478 e. The fourth-order valence-electron chi connectivity index (χ4n) is 1.30. The zero-order valence-corrected chi connectivity index (χ0v) is 10.2. The molecular formula is C12H16N2O3. The van der Waals surface area contributed by atoms with Gasteiger partial charge < -0.3 is 10.0 Å². The van der Waals surface area contributed by atoms with Gasteiger partial charge in [0.05, 0.1) is 5.56 Å². The van der Waals surface area contributed by atoms with Crippen molar-refractivity contribution in [1.29, 1.82) is 0 Å². The SMILES string of the molecule is CCC(C)N(C)C(=O)c1ccc(C(=O)O)cn1. The maximum Gasteiger partial charge on any atom is 0.337 e. The summed E-state index contributed by atoms with van der Waals surface area (Å²) in [5.74, 6) is -1.25. The van der Waals surface area contributed by atoms with E-state index in [0.29, 0.717) is 0 Å². The molecule has 0 aliphatic rings. The third-order valence-electron chi connectivity index (χ3n) is 2.80. The van der Waals surface area contributed by atoms with Crippen LogP contribution in [0.4, 0.5) is 0 Å². The van der Waals surface area contributed by atoms with Crippen LogP contribution in [0.15, 0.2) is 18.3 Å². The van der Waals surface area contributed by atoms with E-state index in [4.69, 9.17) is 5.11 Å². The van der Waals surface area contributed by atoms with Crippen molar-refractivity contribution in [3.8, 4) is 0 Å². The van der Waals surface area contributed by atoms with Gasteiger partial charge in [-0.3, -0.25) is 9.78 Å². The largest absolute Gasteiger partial charge is 0.478 e. The zero-order chi connectivity index (χ0) is 13.0. The Labute approximate surface area is 100 Å². The molecule has 0 bridgehead atoms. The fraction of sp³-hybridized carbons (Fsp3) is 0.417. The van der Waals surface area contributed by atoms with Gasteiger partial charge in [0.1, 0.15) is 5.69 Å². The lowest BCUT2D eigenvalue weighted by Crippen LogP contribution is -2.35. The van der Waals surface area contributed by atoms with Crippen LogP contribution in [-0.2, 0) is 0 Å². The number of carbonyl (C=O) groups excluding carboxylic acids is 1. The highest BCUT2D eigenvalue weighted by atomic mass is 16.4. The van der Waals surface area contributed by atoms with Crippen molar-refractivity contribution < 1.29 is 14.7 Å².